The van der Waals surface area contributed by atoms with E-state index in [1.165, 1.54) is 6.42 Å². The lowest BCUT2D eigenvalue weighted by Gasteiger charge is -2.35. The average Bonchev–Trinajstić information content (AvgIpc) is 3.59. The molecule has 0 radical (unpaired) electrons. The molecular formula is C29H36N6O2. The van der Waals surface area contributed by atoms with Gasteiger partial charge < -0.3 is 15.2 Å². The fourth-order valence-corrected chi connectivity index (χ4v) is 5.90. The van der Waals surface area contributed by atoms with Gasteiger partial charge in [-0.15, -0.1) is 0 Å². The summed E-state index contributed by atoms with van der Waals surface area (Å²) < 4.78 is 0. The van der Waals surface area contributed by atoms with Gasteiger partial charge in [-0.2, -0.15) is 0 Å². The van der Waals surface area contributed by atoms with E-state index in [0.29, 0.717) is 18.1 Å². The molecule has 1 aromatic carbocycles. The van der Waals surface area contributed by atoms with Crippen molar-refractivity contribution in [3.8, 4) is 11.3 Å². The number of H-pyrrole nitrogens is 1. The molecule has 8 nitrogen and oxygen atoms in total. The molecule has 37 heavy (non-hydrogen) atoms. The van der Waals surface area contributed by atoms with Crippen LogP contribution >= 0.6 is 0 Å². The van der Waals surface area contributed by atoms with Crippen molar-refractivity contribution in [1.82, 2.24) is 25.2 Å². The molecule has 0 spiro atoms. The molecule has 1 aliphatic heterocycles. The van der Waals surface area contributed by atoms with E-state index in [4.69, 9.17) is 9.97 Å². The van der Waals surface area contributed by atoms with Crippen molar-refractivity contribution in [2.24, 2.45) is 10.9 Å². The maximum Gasteiger partial charge on any atom is 0.265 e. The summed E-state index contributed by atoms with van der Waals surface area (Å²) in [5.74, 6) is 0.562. The number of hydrogen-bond donors (Lipinski definition) is 2. The van der Waals surface area contributed by atoms with Crippen LogP contribution in [0, 0.1) is 12.8 Å². The number of aromatic nitrogens is 3. The summed E-state index contributed by atoms with van der Waals surface area (Å²) in [4.78, 5) is 45.7. The zero-order chi connectivity index (χ0) is 25.9. The molecule has 3 heterocycles. The maximum atomic E-state index is 14.1. The van der Waals surface area contributed by atoms with Gasteiger partial charge in [0.15, 0.2) is 0 Å². The van der Waals surface area contributed by atoms with Crippen molar-refractivity contribution in [3.05, 3.63) is 48.0 Å². The molecule has 2 fully saturated rings. The number of rotatable bonds is 6. The Morgan fingerprint density at radius 2 is 1.89 bits per heavy atom. The molecule has 3 aromatic rings. The van der Waals surface area contributed by atoms with E-state index in [-0.39, 0.29) is 23.8 Å². The second-order valence-corrected chi connectivity index (χ2v) is 10.3. The van der Waals surface area contributed by atoms with Gasteiger partial charge in [-0.25, -0.2) is 9.97 Å². The Labute approximate surface area is 218 Å². The van der Waals surface area contributed by atoms with Crippen LogP contribution in [0.1, 0.15) is 69.4 Å². The minimum Gasteiger partial charge on any atom is -0.360 e. The number of nitrogens with zero attached hydrogens (tertiary/aromatic N) is 4. The van der Waals surface area contributed by atoms with Gasteiger partial charge in [0.05, 0.1) is 23.1 Å². The molecular weight excluding hydrogens is 464 g/mol. The Morgan fingerprint density at radius 3 is 2.68 bits per heavy atom. The minimum absolute atomic E-state index is 0.00318. The summed E-state index contributed by atoms with van der Waals surface area (Å²) in [7, 11) is 1.60. The number of aryl methyl sites for hydroxylation is 1. The fraction of sp³-hybridized carbons (Fsp3) is 0.483. The van der Waals surface area contributed by atoms with E-state index in [9.17, 15) is 9.59 Å². The van der Waals surface area contributed by atoms with Crippen molar-refractivity contribution in [3.63, 3.8) is 0 Å². The van der Waals surface area contributed by atoms with E-state index in [1.807, 2.05) is 36.2 Å². The molecule has 2 aromatic heterocycles. The van der Waals surface area contributed by atoms with Gasteiger partial charge in [-0.05, 0) is 57.6 Å². The molecule has 8 heteroatoms. The SMILES string of the molecule is CN=C(C)C(=O)NC(C(=O)N1CCCC1c1cc(-c2c[nH]c3ccccc23)nc(C)n1)C1CCCCC1. The number of carbonyl (C=O) groups excluding carboxylic acids is 2. The van der Waals surface area contributed by atoms with Gasteiger partial charge in [0.1, 0.15) is 11.9 Å². The lowest BCUT2D eigenvalue weighted by molar-refractivity contribution is -0.138. The lowest BCUT2D eigenvalue weighted by atomic mass is 9.83. The molecule has 2 N–H and O–H groups in total. The first-order chi connectivity index (χ1) is 18.0. The first-order valence-corrected chi connectivity index (χ1v) is 13.4. The number of fused-ring (bicyclic) bond motifs is 1. The van der Waals surface area contributed by atoms with E-state index >= 15 is 0 Å². The van der Waals surface area contributed by atoms with Crippen molar-refractivity contribution in [2.75, 3.05) is 13.6 Å². The highest BCUT2D eigenvalue weighted by Crippen LogP contribution is 2.36. The number of amides is 2. The topological polar surface area (TPSA) is 103 Å². The Kier molecular flexibility index (Phi) is 7.35. The molecule has 2 atom stereocenters. The number of likely N-dealkylation sites (tertiary alicyclic amines) is 1. The second kappa shape index (κ2) is 10.8. The lowest BCUT2D eigenvalue weighted by Crippen LogP contribution is -2.53. The van der Waals surface area contributed by atoms with Crippen LogP contribution in [0.5, 0.6) is 0 Å². The Balaban J connectivity index is 1.45. The van der Waals surface area contributed by atoms with Crippen LogP contribution in [-0.2, 0) is 9.59 Å². The maximum absolute atomic E-state index is 14.1. The van der Waals surface area contributed by atoms with Gasteiger partial charge in [0.2, 0.25) is 5.91 Å². The number of benzene rings is 1. The first kappa shape index (κ1) is 25.1. The molecule has 194 valence electrons. The number of nitrogens with one attached hydrogen (secondary N) is 2. The van der Waals surface area contributed by atoms with Crippen LogP contribution in [-0.4, -0.2) is 57.0 Å². The van der Waals surface area contributed by atoms with Gasteiger partial charge in [-0.3, -0.25) is 14.6 Å². The van der Waals surface area contributed by atoms with Crippen molar-refractivity contribution in [1.29, 1.82) is 0 Å². The molecule has 1 saturated heterocycles. The summed E-state index contributed by atoms with van der Waals surface area (Å²) in [6, 6.07) is 9.52. The standard InChI is InChI=1S/C29H36N6O2/c1-18(30-3)28(36)34-27(20-10-5-4-6-11-20)29(37)35-15-9-14-26(35)25-16-24(32-19(2)33-25)22-17-31-23-13-8-7-12-21(22)23/h7-8,12-13,16-17,20,26-27,31H,4-6,9-11,14-15H2,1-3H3,(H,34,36). The highest BCUT2D eigenvalue weighted by atomic mass is 16.2. The third-order valence-electron chi connectivity index (χ3n) is 7.94. The molecule has 1 saturated carbocycles. The summed E-state index contributed by atoms with van der Waals surface area (Å²) in [5.41, 5.74) is 4.19. The van der Waals surface area contributed by atoms with Crippen LogP contribution in [0.4, 0.5) is 0 Å². The van der Waals surface area contributed by atoms with Gasteiger partial charge >= 0.3 is 0 Å². The fourth-order valence-electron chi connectivity index (χ4n) is 5.90. The Morgan fingerprint density at radius 1 is 1.11 bits per heavy atom. The molecule has 2 unspecified atom stereocenters. The van der Waals surface area contributed by atoms with E-state index < -0.39 is 6.04 Å². The highest BCUT2D eigenvalue weighted by molar-refractivity contribution is 6.38. The van der Waals surface area contributed by atoms with Crippen LogP contribution in [0.25, 0.3) is 22.2 Å². The summed E-state index contributed by atoms with van der Waals surface area (Å²) >= 11 is 0. The van der Waals surface area contributed by atoms with E-state index in [2.05, 4.69) is 27.4 Å². The quantitative estimate of drug-likeness (QED) is 0.477. The number of hydrogen-bond acceptors (Lipinski definition) is 5. The molecule has 1 aliphatic carbocycles. The van der Waals surface area contributed by atoms with Crippen LogP contribution in [0.3, 0.4) is 0 Å². The first-order valence-electron chi connectivity index (χ1n) is 13.4. The Hall–Kier alpha value is -3.55. The largest absolute Gasteiger partial charge is 0.360 e. The van der Waals surface area contributed by atoms with Crippen molar-refractivity contribution >= 4 is 28.4 Å². The summed E-state index contributed by atoms with van der Waals surface area (Å²) in [6.07, 6.45) is 9.01. The Bertz CT molecular complexity index is 1320. The summed E-state index contributed by atoms with van der Waals surface area (Å²) in [6.45, 7) is 4.25. The van der Waals surface area contributed by atoms with Crippen LogP contribution in [0.2, 0.25) is 0 Å². The van der Waals surface area contributed by atoms with Crippen LogP contribution < -0.4 is 5.32 Å². The van der Waals surface area contributed by atoms with Gasteiger partial charge in [0.25, 0.3) is 5.91 Å². The molecule has 0 bridgehead atoms. The molecule has 2 aliphatic rings. The zero-order valence-corrected chi connectivity index (χ0v) is 22.0. The zero-order valence-electron chi connectivity index (χ0n) is 22.0. The third-order valence-corrected chi connectivity index (χ3v) is 7.94. The van der Waals surface area contributed by atoms with Crippen LogP contribution in [0.15, 0.2) is 41.5 Å². The van der Waals surface area contributed by atoms with Gasteiger partial charge in [0, 0.05) is 36.3 Å². The van der Waals surface area contributed by atoms with Gasteiger partial charge in [-0.1, -0.05) is 37.5 Å². The second-order valence-electron chi connectivity index (χ2n) is 10.3. The minimum atomic E-state index is -0.541. The van der Waals surface area contributed by atoms with Crippen molar-refractivity contribution < 1.29 is 9.59 Å². The van der Waals surface area contributed by atoms with E-state index in [1.54, 1.807) is 14.0 Å². The number of aromatic amines is 1. The summed E-state index contributed by atoms with van der Waals surface area (Å²) in [5, 5.41) is 4.16. The number of aliphatic imine (C=N–C) groups is 1. The normalized spacial score (nSPS) is 19.8. The predicted octanol–water partition coefficient (Wildman–Crippen LogP) is 4.75. The smallest absolute Gasteiger partial charge is 0.265 e. The highest BCUT2D eigenvalue weighted by Gasteiger charge is 2.39. The average molecular weight is 501 g/mol. The number of para-hydroxylation sites is 1. The van der Waals surface area contributed by atoms with E-state index in [0.717, 1.165) is 66.4 Å². The molecule has 5 rings (SSSR count). The molecule has 2 amide bonds. The number of carbonyl (C=O) groups is 2. The third kappa shape index (κ3) is 5.15. The van der Waals surface area contributed by atoms with Crippen molar-refractivity contribution in [2.45, 2.75) is 70.9 Å². The predicted molar refractivity (Wildman–Crippen MR) is 145 cm³/mol. The monoisotopic (exact) mass is 500 g/mol.